The van der Waals surface area contributed by atoms with Crippen molar-refractivity contribution in [3.05, 3.63) is 47.3 Å². The first-order valence-corrected chi connectivity index (χ1v) is 5.59. The van der Waals surface area contributed by atoms with Gasteiger partial charge in [-0.2, -0.15) is 0 Å². The van der Waals surface area contributed by atoms with Crippen LogP contribution < -0.4 is 11.3 Å². The molecule has 88 valence electrons. The molecule has 0 amide bonds. The molecular weight excluding hydrogens is 227 g/mol. The van der Waals surface area contributed by atoms with Crippen LogP contribution in [0.5, 0.6) is 0 Å². The third kappa shape index (κ3) is 3.30. The van der Waals surface area contributed by atoms with Crippen LogP contribution in [0.1, 0.15) is 30.9 Å². The third-order valence-electron chi connectivity index (χ3n) is 2.46. The summed E-state index contributed by atoms with van der Waals surface area (Å²) in [5.41, 5.74) is 3.13. The Kier molecular flexibility index (Phi) is 5.46. The number of nitrogens with two attached hydrogens (primary N) is 1. The van der Waals surface area contributed by atoms with Crippen molar-refractivity contribution >= 4 is 11.6 Å². The Morgan fingerprint density at radius 2 is 2.31 bits per heavy atom. The van der Waals surface area contributed by atoms with Gasteiger partial charge in [0.05, 0.1) is 5.02 Å². The molecule has 1 atom stereocenters. The second-order valence-electron chi connectivity index (χ2n) is 3.58. The van der Waals surface area contributed by atoms with E-state index < -0.39 is 5.82 Å². The van der Waals surface area contributed by atoms with Gasteiger partial charge in [-0.05, 0) is 25.3 Å². The standard InChI is InChI=1S/C12H16ClFN2/c1-2-3-4-8-11(16-15)9-6-5-7-10(13)12(9)14/h2,5-7,11,16H,1,3-4,8,15H2. The molecule has 0 aliphatic rings. The fourth-order valence-electron chi connectivity index (χ4n) is 1.58. The van der Waals surface area contributed by atoms with Crippen molar-refractivity contribution in [1.29, 1.82) is 0 Å². The van der Waals surface area contributed by atoms with Crippen LogP contribution in [0.2, 0.25) is 5.02 Å². The predicted octanol–water partition coefficient (Wildman–Crippen LogP) is 3.34. The Morgan fingerprint density at radius 1 is 1.56 bits per heavy atom. The van der Waals surface area contributed by atoms with Gasteiger partial charge >= 0.3 is 0 Å². The molecular formula is C12H16ClFN2. The van der Waals surface area contributed by atoms with Crippen molar-refractivity contribution in [2.45, 2.75) is 25.3 Å². The fraction of sp³-hybridized carbons (Fsp3) is 0.333. The monoisotopic (exact) mass is 242 g/mol. The lowest BCUT2D eigenvalue weighted by atomic mass is 10.0. The first-order chi connectivity index (χ1) is 7.70. The minimum absolute atomic E-state index is 0.126. The Labute approximate surface area is 100 Å². The molecule has 4 heteroatoms. The summed E-state index contributed by atoms with van der Waals surface area (Å²) in [5, 5.41) is 0.126. The van der Waals surface area contributed by atoms with Gasteiger partial charge in [0.25, 0.3) is 0 Å². The van der Waals surface area contributed by atoms with E-state index in [1.807, 2.05) is 6.08 Å². The molecule has 0 radical (unpaired) electrons. The lowest BCUT2D eigenvalue weighted by Crippen LogP contribution is -2.28. The summed E-state index contributed by atoms with van der Waals surface area (Å²) in [6.45, 7) is 3.64. The van der Waals surface area contributed by atoms with Crippen molar-refractivity contribution < 1.29 is 4.39 Å². The summed E-state index contributed by atoms with van der Waals surface area (Å²) in [4.78, 5) is 0. The zero-order chi connectivity index (χ0) is 12.0. The minimum atomic E-state index is -0.397. The van der Waals surface area contributed by atoms with Crippen molar-refractivity contribution in [1.82, 2.24) is 5.43 Å². The maximum atomic E-state index is 13.7. The Balaban J connectivity index is 2.78. The van der Waals surface area contributed by atoms with E-state index in [9.17, 15) is 4.39 Å². The average molecular weight is 243 g/mol. The summed E-state index contributed by atoms with van der Waals surface area (Å²) in [6, 6.07) is 4.73. The average Bonchev–Trinajstić information content (AvgIpc) is 2.29. The molecule has 0 saturated heterocycles. The summed E-state index contributed by atoms with van der Waals surface area (Å²) in [7, 11) is 0. The minimum Gasteiger partial charge on any atom is -0.271 e. The molecule has 0 heterocycles. The molecule has 0 bridgehead atoms. The van der Waals surface area contributed by atoms with Gasteiger partial charge in [0.2, 0.25) is 0 Å². The Hall–Kier alpha value is -0.900. The summed E-state index contributed by atoms with van der Waals surface area (Å²) in [6.07, 6.45) is 4.38. The first kappa shape index (κ1) is 13.2. The normalized spacial score (nSPS) is 12.4. The molecule has 0 fully saturated rings. The van der Waals surface area contributed by atoms with Crippen LogP contribution in [-0.2, 0) is 0 Å². The highest BCUT2D eigenvalue weighted by Gasteiger charge is 2.15. The van der Waals surface area contributed by atoms with Crippen LogP contribution in [-0.4, -0.2) is 0 Å². The highest BCUT2D eigenvalue weighted by atomic mass is 35.5. The number of unbranched alkanes of at least 4 members (excludes halogenated alkanes) is 1. The van der Waals surface area contributed by atoms with Crippen molar-refractivity contribution in [2.24, 2.45) is 5.84 Å². The third-order valence-corrected chi connectivity index (χ3v) is 2.75. The number of hydrazine groups is 1. The molecule has 0 aliphatic carbocycles. The van der Waals surface area contributed by atoms with Gasteiger partial charge < -0.3 is 0 Å². The number of benzene rings is 1. The zero-order valence-corrected chi connectivity index (χ0v) is 9.80. The predicted molar refractivity (Wildman–Crippen MR) is 65.5 cm³/mol. The molecule has 0 spiro atoms. The van der Waals surface area contributed by atoms with E-state index in [0.717, 1.165) is 19.3 Å². The topological polar surface area (TPSA) is 38.0 Å². The first-order valence-electron chi connectivity index (χ1n) is 5.21. The summed E-state index contributed by atoms with van der Waals surface area (Å²) < 4.78 is 13.7. The molecule has 1 rings (SSSR count). The van der Waals surface area contributed by atoms with Crippen LogP contribution in [0.25, 0.3) is 0 Å². The second-order valence-corrected chi connectivity index (χ2v) is 3.99. The maximum Gasteiger partial charge on any atom is 0.146 e. The lowest BCUT2D eigenvalue weighted by Gasteiger charge is -2.17. The van der Waals surface area contributed by atoms with E-state index >= 15 is 0 Å². The van der Waals surface area contributed by atoms with E-state index in [4.69, 9.17) is 17.4 Å². The van der Waals surface area contributed by atoms with E-state index in [1.165, 1.54) is 6.07 Å². The summed E-state index contributed by atoms with van der Waals surface area (Å²) >= 11 is 5.72. The van der Waals surface area contributed by atoms with Crippen molar-refractivity contribution in [2.75, 3.05) is 0 Å². The quantitative estimate of drug-likeness (QED) is 0.348. The van der Waals surface area contributed by atoms with Gasteiger partial charge in [0.15, 0.2) is 0 Å². The lowest BCUT2D eigenvalue weighted by molar-refractivity contribution is 0.474. The molecule has 0 saturated carbocycles. The molecule has 2 nitrogen and oxygen atoms in total. The fourth-order valence-corrected chi connectivity index (χ4v) is 1.77. The summed E-state index contributed by atoms with van der Waals surface area (Å²) in [5.74, 6) is 5.02. The molecule has 16 heavy (non-hydrogen) atoms. The van der Waals surface area contributed by atoms with Gasteiger partial charge in [0, 0.05) is 11.6 Å². The Morgan fingerprint density at radius 3 is 2.94 bits per heavy atom. The largest absolute Gasteiger partial charge is 0.271 e. The molecule has 1 unspecified atom stereocenters. The van der Waals surface area contributed by atoms with Gasteiger partial charge in [-0.15, -0.1) is 6.58 Å². The maximum absolute atomic E-state index is 13.7. The van der Waals surface area contributed by atoms with E-state index in [-0.39, 0.29) is 11.1 Å². The van der Waals surface area contributed by atoms with Gasteiger partial charge in [-0.1, -0.05) is 29.8 Å². The zero-order valence-electron chi connectivity index (χ0n) is 9.05. The smallest absolute Gasteiger partial charge is 0.146 e. The van der Waals surface area contributed by atoms with Crippen molar-refractivity contribution in [3.8, 4) is 0 Å². The van der Waals surface area contributed by atoms with Gasteiger partial charge in [-0.25, -0.2) is 4.39 Å². The number of halogens is 2. The molecule has 1 aromatic carbocycles. The molecule has 3 N–H and O–H groups in total. The van der Waals surface area contributed by atoms with Crippen LogP contribution in [0, 0.1) is 5.82 Å². The molecule has 0 aromatic heterocycles. The number of hydrogen-bond donors (Lipinski definition) is 2. The number of nitrogens with one attached hydrogen (secondary N) is 1. The van der Waals surface area contributed by atoms with Crippen LogP contribution in [0.3, 0.4) is 0 Å². The highest BCUT2D eigenvalue weighted by molar-refractivity contribution is 6.30. The second kappa shape index (κ2) is 6.63. The number of rotatable bonds is 6. The van der Waals surface area contributed by atoms with Gasteiger partial charge in [0.1, 0.15) is 5.82 Å². The SMILES string of the molecule is C=CCCCC(NN)c1cccc(Cl)c1F. The van der Waals surface area contributed by atoms with Crippen LogP contribution in [0.15, 0.2) is 30.9 Å². The van der Waals surface area contributed by atoms with Crippen molar-refractivity contribution in [3.63, 3.8) is 0 Å². The van der Waals surface area contributed by atoms with E-state index in [0.29, 0.717) is 5.56 Å². The number of allylic oxidation sites excluding steroid dienone is 1. The number of hydrogen-bond acceptors (Lipinski definition) is 2. The van der Waals surface area contributed by atoms with Gasteiger partial charge in [-0.3, -0.25) is 11.3 Å². The molecule has 1 aromatic rings. The molecule has 0 aliphatic heterocycles. The van der Waals surface area contributed by atoms with Crippen LogP contribution >= 0.6 is 11.6 Å². The Bertz CT molecular complexity index is 355. The van der Waals surface area contributed by atoms with E-state index in [1.54, 1.807) is 12.1 Å². The van der Waals surface area contributed by atoms with E-state index in [2.05, 4.69) is 12.0 Å². The van der Waals surface area contributed by atoms with Crippen LogP contribution in [0.4, 0.5) is 4.39 Å². The highest BCUT2D eigenvalue weighted by Crippen LogP contribution is 2.26.